The van der Waals surface area contributed by atoms with Gasteiger partial charge < -0.3 is 20.1 Å². The third-order valence-corrected chi connectivity index (χ3v) is 11.5. The van der Waals surface area contributed by atoms with E-state index in [0.717, 1.165) is 29.9 Å². The van der Waals surface area contributed by atoms with E-state index < -0.39 is 21.7 Å². The predicted octanol–water partition coefficient (Wildman–Crippen LogP) is 3.38. The highest BCUT2D eigenvalue weighted by Crippen LogP contribution is 2.38. The van der Waals surface area contributed by atoms with E-state index in [4.69, 9.17) is 9.72 Å². The SMILES string of the molecule is CC(C)[C@]1(F)CCc2nc3sc(C(=O)NC(CCN4CCC(O)CC4)c4ccc(N5CCOCS5(=O)=O)nc4)nc3cc2C1. The first kappa shape index (κ1) is 31.2. The van der Waals surface area contributed by atoms with Gasteiger partial charge >= 0.3 is 0 Å². The molecule has 2 atom stereocenters. The number of thiazole rings is 1. The summed E-state index contributed by atoms with van der Waals surface area (Å²) in [6.07, 6.45) is 4.64. The Morgan fingerprint density at radius 2 is 2.05 bits per heavy atom. The fourth-order valence-electron chi connectivity index (χ4n) is 6.15. The number of halogens is 1. The van der Waals surface area contributed by atoms with Crippen LogP contribution in [-0.4, -0.2) is 89.8 Å². The maximum atomic E-state index is 15.4. The zero-order chi connectivity index (χ0) is 31.1. The quantitative estimate of drug-likeness (QED) is 0.377. The number of fused-ring (bicyclic) bond motifs is 2. The Labute approximate surface area is 260 Å². The zero-order valence-corrected chi connectivity index (χ0v) is 26.7. The minimum absolute atomic E-state index is 0.100. The Morgan fingerprint density at radius 3 is 2.75 bits per heavy atom. The van der Waals surface area contributed by atoms with Crippen LogP contribution in [0.4, 0.5) is 10.2 Å². The minimum atomic E-state index is -3.61. The first-order valence-corrected chi connectivity index (χ1v) is 17.7. The summed E-state index contributed by atoms with van der Waals surface area (Å²) < 4.78 is 46.7. The van der Waals surface area contributed by atoms with E-state index in [0.29, 0.717) is 61.2 Å². The monoisotopic (exact) mass is 646 g/mol. The van der Waals surface area contributed by atoms with Crippen molar-refractivity contribution in [2.75, 3.05) is 43.0 Å². The van der Waals surface area contributed by atoms with Gasteiger partial charge in [-0.2, -0.15) is 0 Å². The molecule has 6 rings (SSSR count). The molecule has 238 valence electrons. The zero-order valence-electron chi connectivity index (χ0n) is 25.0. The van der Waals surface area contributed by atoms with Crippen molar-refractivity contribution < 1.29 is 27.4 Å². The van der Waals surface area contributed by atoms with Crippen molar-refractivity contribution in [3.05, 3.63) is 46.2 Å². The van der Waals surface area contributed by atoms with E-state index in [1.54, 1.807) is 18.3 Å². The second kappa shape index (κ2) is 12.5. The lowest BCUT2D eigenvalue weighted by molar-refractivity contribution is 0.0795. The van der Waals surface area contributed by atoms with Gasteiger partial charge in [-0.25, -0.2) is 32.1 Å². The van der Waals surface area contributed by atoms with E-state index in [9.17, 15) is 18.3 Å². The van der Waals surface area contributed by atoms with Gasteiger partial charge in [0.15, 0.2) is 10.9 Å². The molecule has 0 aromatic carbocycles. The molecular weight excluding hydrogens is 607 g/mol. The number of carbonyl (C=O) groups is 1. The van der Waals surface area contributed by atoms with Gasteiger partial charge in [-0.05, 0) is 61.3 Å². The summed E-state index contributed by atoms with van der Waals surface area (Å²) in [7, 11) is -3.61. The van der Waals surface area contributed by atoms with Gasteiger partial charge in [0.05, 0.1) is 25.3 Å². The fraction of sp³-hybridized carbons (Fsp3) is 0.600. The van der Waals surface area contributed by atoms with Gasteiger partial charge in [0.2, 0.25) is 0 Å². The van der Waals surface area contributed by atoms with Crippen LogP contribution in [-0.2, 0) is 27.6 Å². The third-order valence-electron chi connectivity index (χ3n) is 9.08. The predicted molar refractivity (Wildman–Crippen MR) is 166 cm³/mol. The number of pyridine rings is 2. The highest BCUT2D eigenvalue weighted by Gasteiger charge is 2.38. The summed E-state index contributed by atoms with van der Waals surface area (Å²) >= 11 is 1.22. The van der Waals surface area contributed by atoms with Gasteiger partial charge in [0.25, 0.3) is 15.9 Å². The number of nitrogens with zero attached hydrogens (tertiary/aromatic N) is 5. The van der Waals surface area contributed by atoms with Crippen LogP contribution in [0.1, 0.15) is 72.2 Å². The average molecular weight is 647 g/mol. The molecule has 1 unspecified atom stereocenters. The number of hydrogen-bond acceptors (Lipinski definition) is 10. The fourth-order valence-corrected chi connectivity index (χ4v) is 8.20. The lowest BCUT2D eigenvalue weighted by atomic mass is 9.77. The van der Waals surface area contributed by atoms with Crippen molar-refractivity contribution >= 4 is 43.4 Å². The maximum absolute atomic E-state index is 15.4. The number of aliphatic hydroxyl groups excluding tert-OH is 1. The van der Waals surface area contributed by atoms with E-state index in [2.05, 4.69) is 20.2 Å². The van der Waals surface area contributed by atoms with E-state index >= 15 is 4.39 Å². The number of nitrogens with one attached hydrogen (secondary N) is 1. The van der Waals surface area contributed by atoms with Gasteiger partial charge in [0.1, 0.15) is 21.8 Å². The number of likely N-dealkylation sites (tertiary alicyclic amines) is 1. The number of rotatable bonds is 8. The molecule has 2 aliphatic heterocycles. The molecule has 0 spiro atoms. The molecule has 1 aliphatic carbocycles. The minimum Gasteiger partial charge on any atom is -0.393 e. The molecule has 5 heterocycles. The number of ether oxygens (including phenoxy) is 1. The molecule has 2 saturated heterocycles. The molecule has 3 aliphatic rings. The highest BCUT2D eigenvalue weighted by molar-refractivity contribution is 7.92. The Hall–Kier alpha value is -2.78. The summed E-state index contributed by atoms with van der Waals surface area (Å²) in [4.78, 5) is 30.3. The number of aromatic nitrogens is 3. The molecule has 0 saturated carbocycles. The second-order valence-electron chi connectivity index (χ2n) is 12.4. The lowest BCUT2D eigenvalue weighted by Crippen LogP contribution is -2.41. The number of piperidine rings is 1. The van der Waals surface area contributed by atoms with E-state index in [1.807, 2.05) is 19.9 Å². The van der Waals surface area contributed by atoms with Crippen LogP contribution in [0, 0.1) is 5.92 Å². The molecule has 1 amide bonds. The molecule has 2 N–H and O–H groups in total. The first-order chi connectivity index (χ1) is 21.0. The Bertz CT molecular complexity index is 1610. The molecular formula is C30H39FN6O5S2. The Morgan fingerprint density at radius 1 is 1.25 bits per heavy atom. The number of sulfonamides is 1. The Kier molecular flexibility index (Phi) is 8.90. The number of aryl methyl sites for hydroxylation is 1. The van der Waals surface area contributed by atoms with Crippen LogP contribution in [0.25, 0.3) is 10.3 Å². The number of anilines is 1. The van der Waals surface area contributed by atoms with Crippen LogP contribution < -0.4 is 9.62 Å². The molecule has 3 aromatic rings. The summed E-state index contributed by atoms with van der Waals surface area (Å²) in [5.74, 6) is -0.515. The smallest absolute Gasteiger partial charge is 0.280 e. The second-order valence-corrected chi connectivity index (χ2v) is 15.2. The summed E-state index contributed by atoms with van der Waals surface area (Å²) in [6.45, 7) is 6.54. The third kappa shape index (κ3) is 6.59. The van der Waals surface area contributed by atoms with E-state index in [-0.39, 0.29) is 42.0 Å². The highest BCUT2D eigenvalue weighted by atomic mass is 32.2. The van der Waals surface area contributed by atoms with Gasteiger partial charge in [-0.3, -0.25) is 4.79 Å². The van der Waals surface area contributed by atoms with Gasteiger partial charge in [-0.15, -0.1) is 0 Å². The number of aliphatic hydroxyl groups is 1. The van der Waals surface area contributed by atoms with Gasteiger partial charge in [-0.1, -0.05) is 31.3 Å². The number of hydrogen-bond donors (Lipinski definition) is 2. The number of alkyl halides is 1. The topological polar surface area (TPSA) is 138 Å². The van der Waals surface area contributed by atoms with Crippen LogP contribution in [0.2, 0.25) is 0 Å². The Balaban J connectivity index is 1.22. The molecule has 2 fully saturated rings. The largest absolute Gasteiger partial charge is 0.393 e. The standard InChI is InChI=1S/C30H39FN6O5S2/c1-19(2)30(31)9-5-23-21(16-30)15-25-28(34-23)43-29(35-25)27(39)33-24(8-12-36-10-6-22(38)7-11-36)20-3-4-26(32-17-20)37-13-14-42-18-44(37,40)41/h3-4,15,17,19,22,24,38H,5-14,16,18H2,1-2H3,(H,33,39)/t24?,30-/m0/s1. The van der Waals surface area contributed by atoms with Crippen molar-refractivity contribution in [2.24, 2.45) is 5.92 Å². The van der Waals surface area contributed by atoms with Crippen LogP contribution in [0.15, 0.2) is 24.4 Å². The van der Waals surface area contributed by atoms with Crippen LogP contribution >= 0.6 is 11.3 Å². The summed E-state index contributed by atoms with van der Waals surface area (Å²) in [5, 5.41) is 13.3. The molecule has 0 bridgehead atoms. The number of carbonyl (C=O) groups excluding carboxylic acids is 1. The van der Waals surface area contributed by atoms with Crippen molar-refractivity contribution in [2.45, 2.75) is 70.2 Å². The molecule has 0 radical (unpaired) electrons. The number of amides is 1. The average Bonchev–Trinajstić information content (AvgIpc) is 3.42. The van der Waals surface area contributed by atoms with Crippen molar-refractivity contribution in [3.8, 4) is 0 Å². The molecule has 11 nitrogen and oxygen atoms in total. The van der Waals surface area contributed by atoms with E-state index in [1.165, 1.54) is 15.6 Å². The van der Waals surface area contributed by atoms with Crippen LogP contribution in [0.3, 0.4) is 0 Å². The molecule has 3 aromatic heterocycles. The summed E-state index contributed by atoms with van der Waals surface area (Å²) in [5.41, 5.74) is 1.80. The van der Waals surface area contributed by atoms with Crippen LogP contribution in [0.5, 0.6) is 0 Å². The summed E-state index contributed by atoms with van der Waals surface area (Å²) in [6, 6.07) is 4.92. The van der Waals surface area contributed by atoms with Crippen molar-refractivity contribution in [1.82, 2.24) is 25.2 Å². The van der Waals surface area contributed by atoms with Gasteiger partial charge in [0, 0.05) is 37.9 Å². The van der Waals surface area contributed by atoms with Crippen molar-refractivity contribution in [3.63, 3.8) is 0 Å². The molecule has 14 heteroatoms. The van der Waals surface area contributed by atoms with Crippen molar-refractivity contribution in [1.29, 1.82) is 0 Å². The first-order valence-electron chi connectivity index (χ1n) is 15.2. The normalized spacial score (nSPS) is 23.5. The molecule has 44 heavy (non-hydrogen) atoms. The lowest BCUT2D eigenvalue weighted by Gasteiger charge is -2.33. The maximum Gasteiger partial charge on any atom is 0.280 e.